The van der Waals surface area contributed by atoms with Crippen LogP contribution in [0.3, 0.4) is 0 Å². The number of hydrogen-bond donors (Lipinski definition) is 5. The maximum atomic E-state index is 13.9. The molecule has 4 amide bonds. The number of allylic oxidation sites excluding steroid dienone is 2. The number of carboxylic acids is 1. The molecule has 5 N–H and O–H groups in total. The Balaban J connectivity index is 2.41. The van der Waals surface area contributed by atoms with Gasteiger partial charge in [0.05, 0.1) is 13.2 Å². The molecule has 0 unspecified atom stereocenters. The van der Waals surface area contributed by atoms with Crippen LogP contribution in [0.15, 0.2) is 84.7 Å². The molecule has 0 aromatic heterocycles. The van der Waals surface area contributed by atoms with Crippen LogP contribution in [-0.4, -0.2) is 85.1 Å². The lowest BCUT2D eigenvalue weighted by Crippen LogP contribution is -2.58. The quantitative estimate of drug-likeness (QED) is 0.105. The molecule has 53 heavy (non-hydrogen) atoms. The number of amides is 4. The molecular formula is C36H40ClF3N4O9. The van der Waals surface area contributed by atoms with Crippen molar-refractivity contribution in [2.75, 3.05) is 20.3 Å². The van der Waals surface area contributed by atoms with Crippen molar-refractivity contribution >= 4 is 47.0 Å². The molecule has 0 saturated carbocycles. The first kappa shape index (κ1) is 43.5. The van der Waals surface area contributed by atoms with Gasteiger partial charge in [0.2, 0.25) is 11.8 Å². The third kappa shape index (κ3) is 14.5. The van der Waals surface area contributed by atoms with Crippen molar-refractivity contribution in [3.8, 4) is 5.75 Å². The number of alkyl halides is 3. The number of halogens is 4. The average molecular weight is 765 g/mol. The minimum atomic E-state index is -5.26. The minimum Gasteiger partial charge on any atom is -0.497 e. The standard InChI is InChI=1S/C36H40ClF3N4O9/c1-6-25(52-5)13-10-21(4)31(35(51)43-30(20(2)3)32(48)36(38,39)40)44-34(50)27(17-22-8-7-9-24(37)16-22)42-33(49)23-11-14-26(15-12-23)53-19-28(45)41-18-29(46)47/h6-16,20,27,30-31H,4,17-19H2,1-3,5H3,(H,41,45)(H,42,49)(H,43,51)(H,44,50)(H,46,47)/b13-10-,25-6+/t27-,30-,31-/m0/s1. The minimum absolute atomic E-state index is 0.0436. The van der Waals surface area contributed by atoms with Gasteiger partial charge in [-0.15, -0.1) is 0 Å². The highest BCUT2D eigenvalue weighted by atomic mass is 35.5. The number of benzene rings is 2. The highest BCUT2D eigenvalue weighted by molar-refractivity contribution is 6.30. The normalized spacial score (nSPS) is 13.3. The zero-order chi connectivity index (χ0) is 39.9. The summed E-state index contributed by atoms with van der Waals surface area (Å²) < 4.78 is 50.7. The van der Waals surface area contributed by atoms with Crippen molar-refractivity contribution in [3.05, 3.63) is 101 Å². The first-order chi connectivity index (χ1) is 24.9. The maximum absolute atomic E-state index is 13.9. The average Bonchev–Trinajstić information content (AvgIpc) is 3.10. The third-order valence-electron chi connectivity index (χ3n) is 7.30. The number of Topliss-reactive ketones (excluding diaryl/α,β-unsaturated/α-hetero) is 1. The molecule has 2 aromatic rings. The summed E-state index contributed by atoms with van der Waals surface area (Å²) >= 11 is 6.14. The van der Waals surface area contributed by atoms with Crippen LogP contribution in [0.5, 0.6) is 5.75 Å². The van der Waals surface area contributed by atoms with E-state index in [1.807, 2.05) is 0 Å². The fourth-order valence-corrected chi connectivity index (χ4v) is 4.72. The smallest absolute Gasteiger partial charge is 0.452 e. The fourth-order valence-electron chi connectivity index (χ4n) is 4.51. The van der Waals surface area contributed by atoms with E-state index in [1.165, 1.54) is 63.4 Å². The van der Waals surface area contributed by atoms with E-state index in [9.17, 15) is 41.9 Å². The lowest BCUT2D eigenvalue weighted by atomic mass is 9.97. The van der Waals surface area contributed by atoms with Crippen LogP contribution in [-0.2, 0) is 35.1 Å². The molecule has 0 bridgehead atoms. The Labute approximate surface area is 308 Å². The number of hydrogen-bond acceptors (Lipinski definition) is 8. The summed E-state index contributed by atoms with van der Waals surface area (Å²) in [6.45, 7) is 6.99. The third-order valence-corrected chi connectivity index (χ3v) is 7.54. The van der Waals surface area contributed by atoms with Crippen molar-refractivity contribution in [1.29, 1.82) is 0 Å². The van der Waals surface area contributed by atoms with Crippen LogP contribution >= 0.6 is 11.6 Å². The van der Waals surface area contributed by atoms with Crippen LogP contribution in [0.1, 0.15) is 36.7 Å². The van der Waals surface area contributed by atoms with Crippen molar-refractivity contribution < 1.29 is 56.5 Å². The Bertz CT molecular complexity index is 1730. The molecule has 2 rings (SSSR count). The largest absolute Gasteiger partial charge is 0.497 e. The van der Waals surface area contributed by atoms with Gasteiger partial charge in [-0.1, -0.05) is 50.2 Å². The van der Waals surface area contributed by atoms with E-state index in [-0.39, 0.29) is 23.3 Å². The molecule has 0 saturated heterocycles. The van der Waals surface area contributed by atoms with Crippen molar-refractivity contribution in [2.24, 2.45) is 5.92 Å². The van der Waals surface area contributed by atoms with E-state index in [4.69, 9.17) is 26.2 Å². The summed E-state index contributed by atoms with van der Waals surface area (Å²) in [4.78, 5) is 75.4. The van der Waals surface area contributed by atoms with Gasteiger partial charge in [0.25, 0.3) is 17.6 Å². The molecular weight excluding hydrogens is 725 g/mol. The Morgan fingerprint density at radius 1 is 0.962 bits per heavy atom. The van der Waals surface area contributed by atoms with E-state index in [0.29, 0.717) is 16.3 Å². The first-order valence-electron chi connectivity index (χ1n) is 15.9. The van der Waals surface area contributed by atoms with Gasteiger partial charge < -0.3 is 35.8 Å². The molecule has 286 valence electrons. The van der Waals surface area contributed by atoms with Gasteiger partial charge in [-0.3, -0.25) is 28.8 Å². The fraction of sp³-hybridized carbons (Fsp3) is 0.333. The van der Waals surface area contributed by atoms with Gasteiger partial charge in [-0.2, -0.15) is 13.2 Å². The first-order valence-corrected chi connectivity index (χ1v) is 16.3. The van der Waals surface area contributed by atoms with Gasteiger partial charge in [-0.25, -0.2) is 0 Å². The second kappa shape index (κ2) is 20.4. The van der Waals surface area contributed by atoms with Crippen LogP contribution in [0.25, 0.3) is 0 Å². The van der Waals surface area contributed by atoms with E-state index in [0.717, 1.165) is 0 Å². The van der Waals surface area contributed by atoms with Crippen LogP contribution in [0.2, 0.25) is 5.02 Å². The number of carbonyl (C=O) groups excluding carboxylic acids is 5. The molecule has 0 aliphatic carbocycles. The zero-order valence-electron chi connectivity index (χ0n) is 29.2. The topological polar surface area (TPSA) is 189 Å². The molecule has 0 aliphatic heterocycles. The van der Waals surface area contributed by atoms with Crippen molar-refractivity contribution in [2.45, 2.75) is 51.5 Å². The van der Waals surface area contributed by atoms with E-state index in [1.54, 1.807) is 31.2 Å². The van der Waals surface area contributed by atoms with E-state index in [2.05, 4.69) is 27.8 Å². The SMILES string of the molecule is C=C(/C=C\C(=C/C)OC)[C@H](NC(=O)[C@H](Cc1cccc(Cl)c1)NC(=O)c1ccc(OCC(=O)NCC(=O)O)cc1)C(=O)N[C@H](C(=O)C(F)(F)F)C(C)C. The van der Waals surface area contributed by atoms with Gasteiger partial charge in [0, 0.05) is 17.0 Å². The molecule has 13 nitrogen and oxygen atoms in total. The van der Waals surface area contributed by atoms with Gasteiger partial charge in [0.15, 0.2) is 6.61 Å². The molecule has 0 aliphatic rings. The van der Waals surface area contributed by atoms with Gasteiger partial charge in [0.1, 0.15) is 30.1 Å². The zero-order valence-corrected chi connectivity index (χ0v) is 30.0. The number of nitrogens with one attached hydrogen (secondary N) is 4. The summed E-state index contributed by atoms with van der Waals surface area (Å²) in [5, 5.41) is 18.2. The maximum Gasteiger partial charge on any atom is 0.452 e. The summed E-state index contributed by atoms with van der Waals surface area (Å²) in [5.41, 5.74) is 0.437. The predicted octanol–water partition coefficient (Wildman–Crippen LogP) is 3.68. The number of carbonyl (C=O) groups is 6. The van der Waals surface area contributed by atoms with Crippen LogP contribution in [0, 0.1) is 5.92 Å². The predicted molar refractivity (Wildman–Crippen MR) is 188 cm³/mol. The second-order valence-corrected chi connectivity index (χ2v) is 12.1. The number of ether oxygens (including phenoxy) is 2. The lowest BCUT2D eigenvalue weighted by Gasteiger charge is -2.27. The van der Waals surface area contributed by atoms with Crippen LogP contribution < -0.4 is 26.0 Å². The monoisotopic (exact) mass is 764 g/mol. The number of aliphatic carboxylic acids is 1. The second-order valence-electron chi connectivity index (χ2n) is 11.7. The number of methoxy groups -OCH3 is 1. The number of ketones is 1. The molecule has 0 spiro atoms. The lowest BCUT2D eigenvalue weighted by molar-refractivity contribution is -0.175. The van der Waals surface area contributed by atoms with Crippen molar-refractivity contribution in [3.63, 3.8) is 0 Å². The molecule has 3 atom stereocenters. The Morgan fingerprint density at radius 2 is 1.62 bits per heavy atom. The molecule has 2 aromatic carbocycles. The highest BCUT2D eigenvalue weighted by Crippen LogP contribution is 2.22. The van der Waals surface area contributed by atoms with E-state index >= 15 is 0 Å². The number of carboxylic acid groups (broad SMARTS) is 1. The van der Waals surface area contributed by atoms with Gasteiger partial charge in [-0.05, 0) is 72.5 Å². The Hall–Kier alpha value is -5.64. The molecule has 0 fully saturated rings. The van der Waals surface area contributed by atoms with Crippen LogP contribution in [0.4, 0.5) is 13.2 Å². The van der Waals surface area contributed by atoms with Gasteiger partial charge >= 0.3 is 12.1 Å². The van der Waals surface area contributed by atoms with Crippen molar-refractivity contribution in [1.82, 2.24) is 21.3 Å². The summed E-state index contributed by atoms with van der Waals surface area (Å²) in [6, 6.07) is 6.62. The Morgan fingerprint density at radius 3 is 2.17 bits per heavy atom. The number of rotatable bonds is 19. The molecule has 0 heterocycles. The summed E-state index contributed by atoms with van der Waals surface area (Å²) in [5.74, 6) is -7.49. The Kier molecular flexibility index (Phi) is 16.8. The molecule has 17 heteroatoms. The highest BCUT2D eigenvalue weighted by Gasteiger charge is 2.45. The summed E-state index contributed by atoms with van der Waals surface area (Å²) in [6.07, 6.45) is -1.15. The summed E-state index contributed by atoms with van der Waals surface area (Å²) in [7, 11) is 1.37. The van der Waals surface area contributed by atoms with E-state index < -0.39 is 78.8 Å². The molecule has 0 radical (unpaired) electrons.